The van der Waals surface area contributed by atoms with Crippen molar-refractivity contribution in [2.24, 2.45) is 5.73 Å². The highest BCUT2D eigenvalue weighted by atomic mass is 16.5. The minimum atomic E-state index is -0.631. The van der Waals surface area contributed by atoms with Gasteiger partial charge in [0, 0.05) is 14.0 Å². The molecule has 0 bridgehead atoms. The van der Waals surface area contributed by atoms with Crippen molar-refractivity contribution in [3.63, 3.8) is 0 Å². The molecule has 1 aromatic rings. The van der Waals surface area contributed by atoms with Crippen LogP contribution >= 0.6 is 0 Å². The third-order valence-corrected chi connectivity index (χ3v) is 1.62. The summed E-state index contributed by atoms with van der Waals surface area (Å²) in [6, 6.07) is 6.06. The van der Waals surface area contributed by atoms with Gasteiger partial charge in [-0.2, -0.15) is 0 Å². The first kappa shape index (κ1) is 9.51. The molecule has 0 aliphatic rings. The van der Waals surface area contributed by atoms with Gasteiger partial charge in [-0.05, 0) is 17.7 Å². The maximum absolute atomic E-state index is 10.7. The number of primary amides is 1. The lowest BCUT2D eigenvalue weighted by atomic mass is 10.2. The zero-order valence-electron chi connectivity index (χ0n) is 9.03. The number of anilines is 1. The summed E-state index contributed by atoms with van der Waals surface area (Å²) in [5.74, 6) is -0.570. The quantitative estimate of drug-likeness (QED) is 0.735. The van der Waals surface area contributed by atoms with Crippen LogP contribution in [0, 0.1) is 0 Å². The topological polar surface area (TPSA) is 81.4 Å². The Morgan fingerprint density at radius 3 is 2.67 bits per heavy atom. The largest absolute Gasteiger partial charge is 0.461 e. The fraction of sp³-hybridized carbons (Fsp3) is 0.200. The summed E-state index contributed by atoms with van der Waals surface area (Å²) in [7, 11) is 0. The molecular formula is C10H12N2O3. The maximum atomic E-state index is 10.7. The van der Waals surface area contributed by atoms with Gasteiger partial charge >= 0.3 is 12.0 Å². The first-order valence-corrected chi connectivity index (χ1v) is 4.22. The van der Waals surface area contributed by atoms with Gasteiger partial charge in [0.1, 0.15) is 6.61 Å². The van der Waals surface area contributed by atoms with E-state index in [1.54, 1.807) is 24.3 Å². The fourth-order valence-corrected chi connectivity index (χ4v) is 0.990. The first-order valence-electron chi connectivity index (χ1n) is 4.93. The summed E-state index contributed by atoms with van der Waals surface area (Å²) in [6.07, 6.45) is 0. The molecule has 0 aliphatic carbocycles. The first-order chi connectivity index (χ1) is 7.61. The highest BCUT2D eigenvalue weighted by Crippen LogP contribution is 2.09. The third kappa shape index (κ3) is 4.12. The minimum absolute atomic E-state index is 0.120. The number of rotatable bonds is 3. The molecule has 0 spiro atoms. The van der Waals surface area contributed by atoms with Crippen LogP contribution in [0.2, 0.25) is 0 Å². The third-order valence-electron chi connectivity index (χ3n) is 1.62. The van der Waals surface area contributed by atoms with Crippen LogP contribution in [-0.2, 0) is 16.1 Å². The summed E-state index contributed by atoms with van der Waals surface area (Å²) in [5.41, 5.74) is 6.29. The average molecular weight is 209 g/mol. The molecule has 5 heteroatoms. The molecular weight excluding hydrogens is 196 g/mol. The lowest BCUT2D eigenvalue weighted by Gasteiger charge is -2.04. The molecule has 0 aliphatic heterocycles. The molecule has 5 nitrogen and oxygen atoms in total. The second-order valence-corrected chi connectivity index (χ2v) is 2.85. The van der Waals surface area contributed by atoms with E-state index in [0.29, 0.717) is 5.69 Å². The Hall–Kier alpha value is -2.04. The van der Waals surface area contributed by atoms with Crippen molar-refractivity contribution in [1.82, 2.24) is 0 Å². The Morgan fingerprint density at radius 1 is 1.47 bits per heavy atom. The summed E-state index contributed by atoms with van der Waals surface area (Å²) in [4.78, 5) is 21.2. The predicted octanol–water partition coefficient (Wildman–Crippen LogP) is 1.24. The van der Waals surface area contributed by atoms with E-state index >= 15 is 0 Å². The van der Waals surface area contributed by atoms with E-state index < -0.39 is 12.0 Å². The Kier molecular flexibility index (Phi) is 3.17. The van der Waals surface area contributed by atoms with Crippen molar-refractivity contribution in [2.75, 3.05) is 5.32 Å². The van der Waals surface area contributed by atoms with Crippen LogP contribution in [0.3, 0.4) is 0 Å². The van der Waals surface area contributed by atoms with Gasteiger partial charge in [-0.15, -0.1) is 0 Å². The van der Waals surface area contributed by atoms with Gasteiger partial charge in [0.25, 0.3) is 0 Å². The van der Waals surface area contributed by atoms with Crippen LogP contribution in [-0.4, -0.2) is 12.0 Å². The van der Waals surface area contributed by atoms with Crippen LogP contribution in [0.4, 0.5) is 10.5 Å². The van der Waals surface area contributed by atoms with E-state index in [1.807, 2.05) is 0 Å². The second kappa shape index (κ2) is 4.99. The smallest absolute Gasteiger partial charge is 0.316 e. The lowest BCUT2D eigenvalue weighted by Crippen LogP contribution is -2.19. The summed E-state index contributed by atoms with van der Waals surface area (Å²) in [6.45, 7) is -0.268. The normalized spacial score (nSPS) is 10.3. The van der Waals surface area contributed by atoms with Crippen molar-refractivity contribution in [3.8, 4) is 0 Å². The molecule has 1 aromatic carbocycles. The van der Waals surface area contributed by atoms with Gasteiger partial charge in [0.2, 0.25) is 0 Å². The van der Waals surface area contributed by atoms with Crippen LogP contribution in [0.5, 0.6) is 0 Å². The molecule has 80 valence electrons. The van der Waals surface area contributed by atoms with Crippen molar-refractivity contribution < 1.29 is 15.7 Å². The van der Waals surface area contributed by atoms with Crippen LogP contribution in [0.25, 0.3) is 0 Å². The number of hydrogen-bond acceptors (Lipinski definition) is 3. The van der Waals surface area contributed by atoms with Crippen molar-refractivity contribution in [1.29, 1.82) is 0 Å². The number of nitrogens with two attached hydrogens (primary N) is 1. The number of carbonyl (C=O) groups is 2. The summed E-state index contributed by atoms with van der Waals surface area (Å²) < 4.78 is 11.5. The summed E-state index contributed by atoms with van der Waals surface area (Å²) in [5, 5.41) is 2.41. The predicted molar refractivity (Wildman–Crippen MR) is 55.1 cm³/mol. The lowest BCUT2D eigenvalue weighted by molar-refractivity contribution is -0.142. The Balaban J connectivity index is 2.51. The molecule has 1 rings (SSSR count). The molecule has 0 unspecified atom stereocenters. The van der Waals surface area contributed by atoms with Gasteiger partial charge in [-0.25, -0.2) is 4.79 Å². The zero-order chi connectivity index (χ0) is 12.0. The SMILES string of the molecule is [2H]CC(=O)OCc1ccc(NC(N)=O)cc1. The fourth-order valence-electron chi connectivity index (χ4n) is 0.990. The van der Waals surface area contributed by atoms with E-state index in [4.69, 9.17) is 11.8 Å². The molecule has 0 fully saturated rings. The number of urea groups is 1. The molecule has 0 saturated heterocycles. The number of carbonyl (C=O) groups excluding carboxylic acids is 2. The molecule has 3 N–H and O–H groups in total. The molecule has 0 aromatic heterocycles. The van der Waals surface area contributed by atoms with E-state index in [-0.39, 0.29) is 13.5 Å². The standard InChI is InChI=1S/C10H12N2O3/c1-7(13)15-6-8-2-4-9(5-3-8)12-10(11)14/h2-5H,6H2,1H3,(H3,11,12,14)/i1D. The Labute approximate surface area is 88.6 Å². The highest BCUT2D eigenvalue weighted by Gasteiger charge is 1.98. The number of ether oxygens (including phenoxy) is 1. The van der Waals surface area contributed by atoms with Gasteiger partial charge in [0.05, 0.1) is 0 Å². The van der Waals surface area contributed by atoms with E-state index in [2.05, 4.69) is 5.32 Å². The number of amides is 2. The molecule has 0 radical (unpaired) electrons. The number of esters is 1. The molecule has 15 heavy (non-hydrogen) atoms. The number of hydrogen-bond donors (Lipinski definition) is 2. The van der Waals surface area contributed by atoms with Crippen LogP contribution in [0.1, 0.15) is 13.8 Å². The van der Waals surface area contributed by atoms with Gasteiger partial charge in [-0.1, -0.05) is 12.1 Å². The zero-order valence-corrected chi connectivity index (χ0v) is 8.03. The molecule has 0 atom stereocenters. The van der Waals surface area contributed by atoms with E-state index in [1.165, 1.54) is 0 Å². The molecule has 0 saturated carbocycles. The summed E-state index contributed by atoms with van der Waals surface area (Å²) >= 11 is 0. The monoisotopic (exact) mass is 209 g/mol. The number of nitrogens with one attached hydrogen (secondary N) is 1. The molecule has 0 heterocycles. The van der Waals surface area contributed by atoms with Gasteiger partial charge in [-0.3, -0.25) is 4.79 Å². The molecule has 2 amide bonds. The van der Waals surface area contributed by atoms with Crippen LogP contribution < -0.4 is 11.1 Å². The number of benzene rings is 1. The van der Waals surface area contributed by atoms with Gasteiger partial charge in [0.15, 0.2) is 0 Å². The van der Waals surface area contributed by atoms with Crippen molar-refractivity contribution in [3.05, 3.63) is 29.8 Å². The minimum Gasteiger partial charge on any atom is -0.461 e. The van der Waals surface area contributed by atoms with E-state index in [0.717, 1.165) is 5.56 Å². The van der Waals surface area contributed by atoms with Crippen LogP contribution in [0.15, 0.2) is 24.3 Å². The Morgan fingerprint density at radius 2 is 2.13 bits per heavy atom. The van der Waals surface area contributed by atoms with Gasteiger partial charge < -0.3 is 15.8 Å². The maximum Gasteiger partial charge on any atom is 0.316 e. The van der Waals surface area contributed by atoms with Crippen molar-refractivity contribution in [2.45, 2.75) is 13.5 Å². The van der Waals surface area contributed by atoms with Crippen molar-refractivity contribution >= 4 is 17.7 Å². The van der Waals surface area contributed by atoms with E-state index in [9.17, 15) is 9.59 Å². The highest BCUT2D eigenvalue weighted by molar-refractivity contribution is 5.87. The Bertz CT molecular complexity index is 378. The second-order valence-electron chi connectivity index (χ2n) is 2.85. The average Bonchev–Trinajstić information content (AvgIpc) is 2.27.